The van der Waals surface area contributed by atoms with Gasteiger partial charge in [-0.25, -0.2) is 0 Å². The second-order valence-electron chi connectivity index (χ2n) is 8.01. The number of benzene rings is 2. The van der Waals surface area contributed by atoms with Crippen molar-refractivity contribution in [2.24, 2.45) is 7.05 Å². The first-order chi connectivity index (χ1) is 15.0. The number of aromatic nitrogens is 1. The predicted octanol–water partition coefficient (Wildman–Crippen LogP) is 3.18. The van der Waals surface area contributed by atoms with Crippen LogP contribution in [0, 0.1) is 0 Å². The number of hydrogen-bond acceptors (Lipinski definition) is 3. The van der Waals surface area contributed by atoms with E-state index in [1.165, 1.54) is 0 Å². The zero-order chi connectivity index (χ0) is 22.0. The highest BCUT2D eigenvalue weighted by Gasteiger charge is 2.39. The maximum Gasteiger partial charge on any atom is 0.255 e. The molecule has 0 spiro atoms. The Balaban J connectivity index is 1.62. The van der Waals surface area contributed by atoms with Crippen LogP contribution in [0.1, 0.15) is 41.4 Å². The highest BCUT2D eigenvalue weighted by Crippen LogP contribution is 2.41. The third-order valence-corrected chi connectivity index (χ3v) is 6.24. The molecule has 162 valence electrons. The molecule has 1 aromatic heterocycles. The predicted molar refractivity (Wildman–Crippen MR) is 123 cm³/mol. The van der Waals surface area contributed by atoms with Crippen LogP contribution in [-0.2, 0) is 11.8 Å². The molecule has 4 rings (SSSR count). The van der Waals surface area contributed by atoms with Gasteiger partial charge in [0.2, 0.25) is 5.91 Å². The maximum absolute atomic E-state index is 13.3. The highest BCUT2D eigenvalue weighted by molar-refractivity contribution is 6.02. The van der Waals surface area contributed by atoms with Crippen LogP contribution in [-0.4, -0.2) is 58.9 Å². The number of nitrogens with zero attached hydrogens (tertiary/aromatic N) is 3. The Bertz CT molecular complexity index is 1100. The zero-order valence-corrected chi connectivity index (χ0v) is 18.5. The number of fused-ring (bicyclic) bond motifs is 2. The number of carbonyl (C=O) groups excluding carboxylic acids is 2. The lowest BCUT2D eigenvalue weighted by Gasteiger charge is -2.25. The molecule has 1 aliphatic rings. The van der Waals surface area contributed by atoms with E-state index >= 15 is 0 Å². The zero-order valence-electron chi connectivity index (χ0n) is 18.5. The molecule has 0 aliphatic carbocycles. The Hall–Kier alpha value is -3.12. The SMILES string of the molecule is CCN(CC)CCNC(=O)CN1C(=O)c2ccccc2[C@@H]1c1cn(C)c2ccccc12. The summed E-state index contributed by atoms with van der Waals surface area (Å²) in [7, 11) is 2.01. The van der Waals surface area contributed by atoms with Crippen LogP contribution in [0.5, 0.6) is 0 Å². The lowest BCUT2D eigenvalue weighted by Crippen LogP contribution is -2.42. The summed E-state index contributed by atoms with van der Waals surface area (Å²) in [5, 5.41) is 4.09. The van der Waals surface area contributed by atoms with Crippen LogP contribution < -0.4 is 5.32 Å². The summed E-state index contributed by atoms with van der Waals surface area (Å²) >= 11 is 0. The lowest BCUT2D eigenvalue weighted by atomic mass is 9.97. The molecule has 1 atom stereocenters. The van der Waals surface area contributed by atoms with Gasteiger partial charge in [-0.2, -0.15) is 0 Å². The fourth-order valence-electron chi connectivity index (χ4n) is 4.56. The van der Waals surface area contributed by atoms with Gasteiger partial charge in [-0.1, -0.05) is 50.2 Å². The van der Waals surface area contributed by atoms with Crippen molar-refractivity contribution in [1.82, 2.24) is 19.7 Å². The van der Waals surface area contributed by atoms with Crippen molar-refractivity contribution in [2.75, 3.05) is 32.7 Å². The Kier molecular flexibility index (Phi) is 6.09. The summed E-state index contributed by atoms with van der Waals surface area (Å²) in [5.74, 6) is -0.217. The Morgan fingerprint density at radius 2 is 1.74 bits per heavy atom. The van der Waals surface area contributed by atoms with Crippen LogP contribution in [0.3, 0.4) is 0 Å². The van der Waals surface area contributed by atoms with Gasteiger partial charge in [0, 0.05) is 48.4 Å². The van der Waals surface area contributed by atoms with E-state index in [0.29, 0.717) is 12.1 Å². The first-order valence-electron chi connectivity index (χ1n) is 11.0. The third-order valence-electron chi connectivity index (χ3n) is 6.24. The van der Waals surface area contributed by atoms with Crippen molar-refractivity contribution < 1.29 is 9.59 Å². The summed E-state index contributed by atoms with van der Waals surface area (Å²) in [6, 6.07) is 15.6. The van der Waals surface area contributed by atoms with E-state index in [4.69, 9.17) is 0 Å². The lowest BCUT2D eigenvalue weighted by molar-refractivity contribution is -0.122. The monoisotopic (exact) mass is 418 g/mol. The normalized spacial score (nSPS) is 15.7. The Morgan fingerprint density at radius 3 is 2.52 bits per heavy atom. The van der Waals surface area contributed by atoms with Gasteiger partial charge in [-0.3, -0.25) is 9.59 Å². The van der Waals surface area contributed by atoms with Gasteiger partial charge in [0.25, 0.3) is 5.91 Å². The minimum Gasteiger partial charge on any atom is -0.353 e. The van der Waals surface area contributed by atoms with Crippen LogP contribution >= 0.6 is 0 Å². The molecule has 2 amide bonds. The number of rotatable bonds is 8. The number of hydrogen-bond donors (Lipinski definition) is 1. The van der Waals surface area contributed by atoms with E-state index in [-0.39, 0.29) is 24.4 Å². The molecule has 0 unspecified atom stereocenters. The molecule has 2 aromatic carbocycles. The van der Waals surface area contributed by atoms with Crippen molar-refractivity contribution in [3.63, 3.8) is 0 Å². The van der Waals surface area contributed by atoms with E-state index in [1.54, 1.807) is 4.90 Å². The number of carbonyl (C=O) groups is 2. The Labute approximate surface area is 183 Å². The topological polar surface area (TPSA) is 57.6 Å². The molecule has 0 radical (unpaired) electrons. The number of amides is 2. The van der Waals surface area contributed by atoms with E-state index in [2.05, 4.69) is 47.0 Å². The van der Waals surface area contributed by atoms with Gasteiger partial charge < -0.3 is 19.7 Å². The molecule has 2 heterocycles. The number of para-hydroxylation sites is 1. The molecule has 0 saturated carbocycles. The molecule has 0 bridgehead atoms. The van der Waals surface area contributed by atoms with Crippen molar-refractivity contribution >= 4 is 22.7 Å². The van der Waals surface area contributed by atoms with Gasteiger partial charge in [-0.05, 0) is 30.8 Å². The number of nitrogens with one attached hydrogen (secondary N) is 1. The van der Waals surface area contributed by atoms with Crippen LogP contribution in [0.25, 0.3) is 10.9 Å². The van der Waals surface area contributed by atoms with Crippen molar-refractivity contribution in [3.8, 4) is 0 Å². The molecule has 0 saturated heterocycles. The summed E-state index contributed by atoms with van der Waals surface area (Å²) in [4.78, 5) is 30.0. The van der Waals surface area contributed by atoms with Gasteiger partial charge in [-0.15, -0.1) is 0 Å². The summed E-state index contributed by atoms with van der Waals surface area (Å²) in [5.41, 5.74) is 3.79. The van der Waals surface area contributed by atoms with Gasteiger partial charge in [0.15, 0.2) is 0 Å². The van der Waals surface area contributed by atoms with Gasteiger partial charge >= 0.3 is 0 Å². The smallest absolute Gasteiger partial charge is 0.255 e. The highest BCUT2D eigenvalue weighted by atomic mass is 16.2. The molecular formula is C25H30N4O2. The van der Waals surface area contributed by atoms with Crippen LogP contribution in [0.15, 0.2) is 54.7 Å². The van der Waals surface area contributed by atoms with Crippen molar-refractivity contribution in [1.29, 1.82) is 0 Å². The second kappa shape index (κ2) is 8.94. The number of likely N-dealkylation sites (N-methyl/N-ethyl adjacent to an activating group) is 1. The molecule has 31 heavy (non-hydrogen) atoms. The summed E-state index contributed by atoms with van der Waals surface area (Å²) < 4.78 is 2.08. The quantitative estimate of drug-likeness (QED) is 0.611. The summed E-state index contributed by atoms with van der Waals surface area (Å²) in [6.07, 6.45) is 2.08. The van der Waals surface area contributed by atoms with Crippen molar-refractivity contribution in [2.45, 2.75) is 19.9 Å². The molecule has 6 nitrogen and oxygen atoms in total. The summed E-state index contributed by atoms with van der Waals surface area (Å²) in [6.45, 7) is 7.55. The van der Waals surface area contributed by atoms with Crippen LogP contribution in [0.4, 0.5) is 0 Å². The molecule has 1 N–H and O–H groups in total. The fraction of sp³-hybridized carbons (Fsp3) is 0.360. The first-order valence-corrected chi connectivity index (χ1v) is 11.0. The first kappa shape index (κ1) is 21.1. The Morgan fingerprint density at radius 1 is 1.03 bits per heavy atom. The van der Waals surface area contributed by atoms with E-state index in [0.717, 1.165) is 41.7 Å². The van der Waals surface area contributed by atoms with E-state index in [1.807, 2.05) is 43.4 Å². The van der Waals surface area contributed by atoms with Gasteiger partial charge in [0.1, 0.15) is 6.54 Å². The average molecular weight is 419 g/mol. The largest absolute Gasteiger partial charge is 0.353 e. The standard InChI is InChI=1S/C25H30N4O2/c1-4-28(5-2)15-14-26-23(30)17-29-24(19-11-6-7-12-20(19)25(29)31)21-16-27(3)22-13-9-8-10-18(21)22/h6-13,16,24H,4-5,14-15,17H2,1-3H3,(H,26,30)/t24-/m1/s1. The number of aryl methyl sites for hydroxylation is 1. The van der Waals surface area contributed by atoms with Gasteiger partial charge in [0.05, 0.1) is 6.04 Å². The van der Waals surface area contributed by atoms with Crippen molar-refractivity contribution in [3.05, 3.63) is 71.4 Å². The van der Waals surface area contributed by atoms with E-state index < -0.39 is 0 Å². The second-order valence-corrected chi connectivity index (χ2v) is 8.01. The molecular weight excluding hydrogens is 388 g/mol. The van der Waals surface area contributed by atoms with Crippen LogP contribution in [0.2, 0.25) is 0 Å². The average Bonchev–Trinajstić information content (AvgIpc) is 3.26. The molecule has 3 aromatic rings. The minimum absolute atomic E-state index is 0.0413. The molecule has 1 aliphatic heterocycles. The molecule has 6 heteroatoms. The minimum atomic E-state index is -0.275. The maximum atomic E-state index is 13.3. The van der Waals surface area contributed by atoms with E-state index in [9.17, 15) is 9.59 Å². The molecule has 0 fully saturated rings. The third kappa shape index (κ3) is 3.95. The fourth-order valence-corrected chi connectivity index (χ4v) is 4.56.